The molecule has 1 unspecified atom stereocenters. The Hall–Kier alpha value is -1.92. The minimum atomic E-state index is -0.651. The van der Waals surface area contributed by atoms with E-state index in [4.69, 9.17) is 4.74 Å². The van der Waals surface area contributed by atoms with Gasteiger partial charge in [0, 0.05) is 16.1 Å². The summed E-state index contributed by atoms with van der Waals surface area (Å²) >= 11 is 6.81. The second kappa shape index (κ2) is 7.32. The van der Waals surface area contributed by atoms with Crippen LogP contribution in [0, 0.1) is 0 Å². The molecule has 24 heavy (non-hydrogen) atoms. The Morgan fingerprint density at radius 2 is 1.96 bits per heavy atom. The maximum Gasteiger partial charge on any atom is 0.265 e. The number of carbonyl (C=O) groups excluding carboxylic acids is 1. The lowest BCUT2D eigenvalue weighted by Gasteiger charge is -2.16. The lowest BCUT2D eigenvalue weighted by atomic mass is 10.2. The number of nitrogens with one attached hydrogen (secondary N) is 1. The van der Waals surface area contributed by atoms with Gasteiger partial charge in [-0.05, 0) is 53.2 Å². The van der Waals surface area contributed by atoms with Gasteiger partial charge < -0.3 is 10.1 Å². The van der Waals surface area contributed by atoms with Crippen molar-refractivity contribution in [2.45, 2.75) is 13.0 Å². The van der Waals surface area contributed by atoms with Gasteiger partial charge in [-0.2, -0.15) is 0 Å². The molecule has 2 aromatic carbocycles. The van der Waals surface area contributed by atoms with Crippen LogP contribution in [0.15, 0.2) is 63.7 Å². The topological polar surface area (TPSA) is 51.2 Å². The second-order valence-electron chi connectivity index (χ2n) is 5.20. The van der Waals surface area contributed by atoms with Crippen LogP contribution in [0.3, 0.4) is 0 Å². The third-order valence-corrected chi connectivity index (χ3v) is 4.57. The molecule has 0 saturated carbocycles. The number of pyridine rings is 1. The first-order valence-corrected chi connectivity index (χ1v) is 8.89. The van der Waals surface area contributed by atoms with Gasteiger partial charge in [-0.25, -0.2) is 0 Å². The Bertz CT molecular complexity index is 894. The number of nitrogens with zero attached hydrogens (tertiary/aromatic N) is 1. The van der Waals surface area contributed by atoms with Gasteiger partial charge in [-0.1, -0.05) is 34.1 Å². The zero-order valence-electron chi connectivity index (χ0n) is 12.8. The minimum Gasteiger partial charge on any atom is -0.480 e. The van der Waals surface area contributed by atoms with Crippen LogP contribution in [0.25, 0.3) is 10.9 Å². The molecule has 1 amide bonds. The Morgan fingerprint density at radius 3 is 2.75 bits per heavy atom. The summed E-state index contributed by atoms with van der Waals surface area (Å²) in [4.78, 5) is 16.8. The Kier molecular flexibility index (Phi) is 5.16. The largest absolute Gasteiger partial charge is 0.480 e. The van der Waals surface area contributed by atoms with Crippen LogP contribution in [0.4, 0.5) is 5.69 Å². The summed E-state index contributed by atoms with van der Waals surface area (Å²) < 4.78 is 7.46. The highest BCUT2D eigenvalue weighted by Gasteiger charge is 2.17. The van der Waals surface area contributed by atoms with Crippen LogP contribution in [0.1, 0.15) is 6.92 Å². The highest BCUT2D eigenvalue weighted by molar-refractivity contribution is 9.11. The maximum absolute atomic E-state index is 12.5. The highest BCUT2D eigenvalue weighted by Crippen LogP contribution is 2.29. The van der Waals surface area contributed by atoms with Crippen LogP contribution < -0.4 is 10.1 Å². The van der Waals surface area contributed by atoms with Gasteiger partial charge in [0.15, 0.2) is 6.10 Å². The number of hydrogen-bond donors (Lipinski definition) is 1. The minimum absolute atomic E-state index is 0.233. The van der Waals surface area contributed by atoms with Crippen molar-refractivity contribution >= 4 is 54.4 Å². The number of benzene rings is 2. The van der Waals surface area contributed by atoms with Crippen molar-refractivity contribution in [3.05, 3.63) is 63.7 Å². The number of para-hydroxylation sites is 1. The van der Waals surface area contributed by atoms with Crippen molar-refractivity contribution in [2.24, 2.45) is 0 Å². The molecule has 0 aliphatic carbocycles. The summed E-state index contributed by atoms with van der Waals surface area (Å²) in [5, 5.41) is 3.86. The second-order valence-corrected chi connectivity index (χ2v) is 6.97. The fourth-order valence-electron chi connectivity index (χ4n) is 2.25. The molecule has 6 heteroatoms. The molecule has 0 spiro atoms. The van der Waals surface area contributed by atoms with Gasteiger partial charge in [0.1, 0.15) is 5.75 Å². The van der Waals surface area contributed by atoms with Crippen LogP contribution in [-0.4, -0.2) is 17.0 Å². The number of hydrogen-bond acceptors (Lipinski definition) is 3. The van der Waals surface area contributed by atoms with Gasteiger partial charge in [-0.3, -0.25) is 9.78 Å². The van der Waals surface area contributed by atoms with Gasteiger partial charge in [-0.15, -0.1) is 0 Å². The van der Waals surface area contributed by atoms with E-state index >= 15 is 0 Å². The van der Waals surface area contributed by atoms with Crippen LogP contribution in [0.2, 0.25) is 0 Å². The lowest BCUT2D eigenvalue weighted by Crippen LogP contribution is -2.30. The zero-order valence-corrected chi connectivity index (χ0v) is 16.0. The summed E-state index contributed by atoms with van der Waals surface area (Å²) in [7, 11) is 0. The molecule has 3 rings (SSSR count). The molecule has 0 aliphatic heterocycles. The van der Waals surface area contributed by atoms with Crippen molar-refractivity contribution in [2.75, 3.05) is 5.32 Å². The highest BCUT2D eigenvalue weighted by atomic mass is 79.9. The van der Waals surface area contributed by atoms with Crippen molar-refractivity contribution in [1.82, 2.24) is 4.98 Å². The Balaban J connectivity index is 1.76. The standard InChI is InChI=1S/C18H14Br2N2O2/c1-11(24-16-8-7-13(19)10-14(16)20)18(23)22-15-6-2-4-12-5-3-9-21-17(12)15/h2-11H,1H3,(H,22,23). The molecule has 4 nitrogen and oxygen atoms in total. The molecule has 0 fully saturated rings. The summed E-state index contributed by atoms with van der Waals surface area (Å²) in [5.41, 5.74) is 1.42. The van der Waals surface area contributed by atoms with Gasteiger partial charge in [0.05, 0.1) is 15.7 Å². The summed E-state index contributed by atoms with van der Waals surface area (Å²) in [6.07, 6.45) is 1.05. The first kappa shape index (κ1) is 16.9. The van der Waals surface area contributed by atoms with E-state index in [-0.39, 0.29) is 5.91 Å². The predicted molar refractivity (Wildman–Crippen MR) is 102 cm³/mol. The number of aromatic nitrogens is 1. The summed E-state index contributed by atoms with van der Waals surface area (Å²) in [5.74, 6) is 0.375. The van der Waals surface area contributed by atoms with E-state index < -0.39 is 6.10 Å². The van der Waals surface area contributed by atoms with Crippen molar-refractivity contribution in [3.8, 4) is 5.75 Å². The average Bonchev–Trinajstić information content (AvgIpc) is 2.57. The average molecular weight is 450 g/mol. The van der Waals surface area contributed by atoms with E-state index in [1.807, 2.05) is 42.5 Å². The molecule has 1 atom stereocenters. The fourth-order valence-corrected chi connectivity index (χ4v) is 3.39. The van der Waals surface area contributed by atoms with Gasteiger partial charge in [0.25, 0.3) is 5.91 Å². The number of anilines is 1. The van der Waals surface area contributed by atoms with Crippen molar-refractivity contribution in [3.63, 3.8) is 0 Å². The van der Waals surface area contributed by atoms with Crippen molar-refractivity contribution in [1.29, 1.82) is 0 Å². The molecule has 1 heterocycles. The van der Waals surface area contributed by atoms with Crippen LogP contribution in [-0.2, 0) is 4.79 Å². The Morgan fingerprint density at radius 1 is 1.17 bits per heavy atom. The van der Waals surface area contributed by atoms with Gasteiger partial charge >= 0.3 is 0 Å². The molecule has 0 saturated heterocycles. The fraction of sp³-hybridized carbons (Fsp3) is 0.111. The molecule has 1 N–H and O–H groups in total. The Labute approximate surface area is 156 Å². The predicted octanol–water partition coefficient (Wildman–Crippen LogP) is 5.17. The first-order valence-electron chi connectivity index (χ1n) is 7.31. The molecule has 0 aliphatic rings. The quantitative estimate of drug-likeness (QED) is 0.598. The number of ether oxygens (including phenoxy) is 1. The van der Waals surface area contributed by atoms with Crippen LogP contribution >= 0.6 is 31.9 Å². The molecule has 0 bridgehead atoms. The normalized spacial score (nSPS) is 12.0. The van der Waals surface area contributed by atoms with E-state index in [1.54, 1.807) is 19.2 Å². The smallest absolute Gasteiger partial charge is 0.265 e. The first-order chi connectivity index (χ1) is 11.5. The molecule has 0 radical (unpaired) electrons. The van der Waals surface area contributed by atoms with E-state index in [0.717, 1.165) is 19.8 Å². The number of fused-ring (bicyclic) bond motifs is 1. The summed E-state index contributed by atoms with van der Waals surface area (Å²) in [6.45, 7) is 1.71. The number of rotatable bonds is 4. The molecule has 1 aromatic heterocycles. The zero-order chi connectivity index (χ0) is 17.1. The molecule has 3 aromatic rings. The van der Waals surface area contributed by atoms with Crippen LogP contribution in [0.5, 0.6) is 5.75 Å². The lowest BCUT2D eigenvalue weighted by molar-refractivity contribution is -0.122. The number of amides is 1. The monoisotopic (exact) mass is 448 g/mol. The van der Waals surface area contributed by atoms with E-state index in [2.05, 4.69) is 42.2 Å². The third-order valence-electron chi connectivity index (χ3n) is 3.46. The number of halogens is 2. The maximum atomic E-state index is 12.5. The molecular formula is C18H14Br2N2O2. The van der Waals surface area contributed by atoms with Gasteiger partial charge in [0.2, 0.25) is 0 Å². The molecule has 122 valence electrons. The molecular weight excluding hydrogens is 436 g/mol. The van der Waals surface area contributed by atoms with E-state index in [9.17, 15) is 4.79 Å². The SMILES string of the molecule is CC(Oc1ccc(Br)cc1Br)C(=O)Nc1cccc2cccnc12. The van der Waals surface area contributed by atoms with E-state index in [1.165, 1.54) is 0 Å². The van der Waals surface area contributed by atoms with E-state index in [0.29, 0.717) is 11.4 Å². The summed E-state index contributed by atoms with van der Waals surface area (Å²) in [6, 6.07) is 15.0. The third kappa shape index (κ3) is 3.76. The van der Waals surface area contributed by atoms with Crippen molar-refractivity contribution < 1.29 is 9.53 Å². The number of carbonyl (C=O) groups is 1.